The van der Waals surface area contributed by atoms with E-state index in [0.29, 0.717) is 11.3 Å². The number of benzene rings is 2. The molecular formula is C22H27NO4. The largest absolute Gasteiger partial charge is 0.479 e. The topological polar surface area (TPSA) is 64.6 Å². The molecule has 0 radical (unpaired) electrons. The Morgan fingerprint density at radius 2 is 1.70 bits per heavy atom. The highest BCUT2D eigenvalue weighted by molar-refractivity contribution is 6.04. The van der Waals surface area contributed by atoms with Crippen molar-refractivity contribution in [3.63, 3.8) is 0 Å². The molecule has 5 heteroatoms. The molecule has 27 heavy (non-hydrogen) atoms. The molecule has 2 rings (SSSR count). The lowest BCUT2D eigenvalue weighted by atomic mass is 10.1. The van der Waals surface area contributed by atoms with Crippen molar-refractivity contribution in [1.82, 2.24) is 0 Å². The van der Waals surface area contributed by atoms with Crippen LogP contribution < -0.4 is 10.1 Å². The second-order valence-electron chi connectivity index (χ2n) is 6.64. The average molecular weight is 369 g/mol. The van der Waals surface area contributed by atoms with Gasteiger partial charge in [0.1, 0.15) is 5.75 Å². The third-order valence-electron chi connectivity index (χ3n) is 4.51. The van der Waals surface area contributed by atoms with Crippen LogP contribution in [0.5, 0.6) is 5.75 Å². The van der Waals surface area contributed by atoms with Crippen molar-refractivity contribution in [3.8, 4) is 5.75 Å². The molecule has 0 saturated carbocycles. The standard InChI is InChI=1S/C22H27NO4/c1-6-15(3)26-22(25)17(5)27-19-12-10-18(11-13-19)21(24)23-20-9-7-8-14(2)16(20)4/h7-13,15,17H,6H2,1-5H3,(H,23,24)/t15-,17+/m1/s1. The van der Waals surface area contributed by atoms with Gasteiger partial charge in [-0.2, -0.15) is 0 Å². The maximum atomic E-state index is 12.4. The van der Waals surface area contributed by atoms with Gasteiger partial charge in [0.05, 0.1) is 6.10 Å². The van der Waals surface area contributed by atoms with Crippen LogP contribution in [0.2, 0.25) is 0 Å². The highest BCUT2D eigenvalue weighted by Gasteiger charge is 2.18. The van der Waals surface area contributed by atoms with E-state index in [1.54, 1.807) is 31.2 Å². The zero-order chi connectivity index (χ0) is 20.0. The molecule has 0 aliphatic carbocycles. The predicted octanol–water partition coefficient (Wildman–Crippen LogP) is 4.66. The predicted molar refractivity (Wildman–Crippen MR) is 106 cm³/mol. The number of nitrogens with one attached hydrogen (secondary N) is 1. The van der Waals surface area contributed by atoms with Gasteiger partial charge in [0.25, 0.3) is 5.91 Å². The second kappa shape index (κ2) is 9.21. The summed E-state index contributed by atoms with van der Waals surface area (Å²) >= 11 is 0. The minimum Gasteiger partial charge on any atom is -0.479 e. The van der Waals surface area contributed by atoms with Crippen LogP contribution in [0.4, 0.5) is 5.69 Å². The van der Waals surface area contributed by atoms with Crippen LogP contribution in [0.15, 0.2) is 42.5 Å². The molecule has 0 bridgehead atoms. The Morgan fingerprint density at radius 3 is 2.33 bits per heavy atom. The number of rotatable bonds is 7. The maximum absolute atomic E-state index is 12.4. The van der Waals surface area contributed by atoms with Gasteiger partial charge in [0.15, 0.2) is 6.10 Å². The SMILES string of the molecule is CC[C@@H](C)OC(=O)[C@H](C)Oc1ccc(C(=O)Nc2cccc(C)c2C)cc1. The molecule has 2 aromatic carbocycles. The van der Waals surface area contributed by atoms with Crippen molar-refractivity contribution in [3.05, 3.63) is 59.2 Å². The lowest BCUT2D eigenvalue weighted by Gasteiger charge is -2.17. The maximum Gasteiger partial charge on any atom is 0.347 e. The molecule has 0 saturated heterocycles. The van der Waals surface area contributed by atoms with Crippen LogP contribution in [-0.2, 0) is 9.53 Å². The second-order valence-corrected chi connectivity index (χ2v) is 6.64. The highest BCUT2D eigenvalue weighted by Crippen LogP contribution is 2.20. The molecule has 144 valence electrons. The zero-order valence-electron chi connectivity index (χ0n) is 16.5. The molecule has 0 heterocycles. The number of anilines is 1. The highest BCUT2D eigenvalue weighted by atomic mass is 16.6. The molecule has 1 N–H and O–H groups in total. The van der Waals surface area contributed by atoms with Crippen molar-refractivity contribution in [2.45, 2.75) is 53.2 Å². The summed E-state index contributed by atoms with van der Waals surface area (Å²) in [6.07, 6.45) is -0.101. The smallest absolute Gasteiger partial charge is 0.347 e. The number of amides is 1. The molecule has 0 aliphatic rings. The number of esters is 1. The summed E-state index contributed by atoms with van der Waals surface area (Å²) in [5, 5.41) is 2.92. The van der Waals surface area contributed by atoms with Crippen LogP contribution in [0.25, 0.3) is 0 Å². The van der Waals surface area contributed by atoms with Crippen LogP contribution >= 0.6 is 0 Å². The summed E-state index contributed by atoms with van der Waals surface area (Å²) < 4.78 is 10.9. The molecule has 5 nitrogen and oxygen atoms in total. The van der Waals surface area contributed by atoms with Gasteiger partial charge in [-0.25, -0.2) is 4.79 Å². The molecule has 2 atom stereocenters. The van der Waals surface area contributed by atoms with Crippen LogP contribution in [0.3, 0.4) is 0 Å². The van der Waals surface area contributed by atoms with E-state index < -0.39 is 12.1 Å². The van der Waals surface area contributed by atoms with Gasteiger partial charge < -0.3 is 14.8 Å². The van der Waals surface area contributed by atoms with Crippen molar-refractivity contribution >= 4 is 17.6 Å². The Labute approximate surface area is 160 Å². The molecule has 0 fully saturated rings. The number of hydrogen-bond acceptors (Lipinski definition) is 4. The molecule has 0 unspecified atom stereocenters. The summed E-state index contributed by atoms with van der Waals surface area (Å²) in [4.78, 5) is 24.4. The van der Waals surface area contributed by atoms with Gasteiger partial charge in [-0.3, -0.25) is 4.79 Å². The van der Waals surface area contributed by atoms with Gasteiger partial charge in [-0.1, -0.05) is 19.1 Å². The first-order valence-corrected chi connectivity index (χ1v) is 9.16. The number of aryl methyl sites for hydroxylation is 1. The van der Waals surface area contributed by atoms with E-state index in [2.05, 4.69) is 5.32 Å². The quantitative estimate of drug-likeness (QED) is 0.721. The number of carbonyl (C=O) groups is 2. The fraction of sp³-hybridized carbons (Fsp3) is 0.364. The van der Waals surface area contributed by atoms with Gasteiger partial charge >= 0.3 is 5.97 Å². The minimum atomic E-state index is -0.714. The number of carbonyl (C=O) groups excluding carboxylic acids is 2. The average Bonchev–Trinajstić information content (AvgIpc) is 2.65. The van der Waals surface area contributed by atoms with Crippen molar-refractivity contribution in [2.75, 3.05) is 5.32 Å². The van der Waals surface area contributed by atoms with E-state index in [4.69, 9.17) is 9.47 Å². The van der Waals surface area contributed by atoms with Gasteiger partial charge in [0.2, 0.25) is 0 Å². The molecule has 0 spiro atoms. The normalized spacial score (nSPS) is 12.8. The molecule has 1 amide bonds. The summed E-state index contributed by atoms with van der Waals surface area (Å²) in [6.45, 7) is 9.41. The first kappa shape index (κ1) is 20.5. The summed E-state index contributed by atoms with van der Waals surface area (Å²) in [7, 11) is 0. The molecule has 0 aromatic heterocycles. The summed E-state index contributed by atoms with van der Waals surface area (Å²) in [5.41, 5.74) is 3.47. The lowest BCUT2D eigenvalue weighted by molar-refractivity contribution is -0.155. The lowest BCUT2D eigenvalue weighted by Crippen LogP contribution is -2.29. The fourth-order valence-corrected chi connectivity index (χ4v) is 2.40. The van der Waals surface area contributed by atoms with E-state index in [1.807, 2.05) is 45.9 Å². The molecule has 0 aliphatic heterocycles. The third kappa shape index (κ3) is 5.58. The Morgan fingerprint density at radius 1 is 1.04 bits per heavy atom. The fourth-order valence-electron chi connectivity index (χ4n) is 2.40. The van der Waals surface area contributed by atoms with Crippen molar-refractivity contribution in [2.24, 2.45) is 0 Å². The third-order valence-corrected chi connectivity index (χ3v) is 4.51. The van der Waals surface area contributed by atoms with E-state index >= 15 is 0 Å². The van der Waals surface area contributed by atoms with E-state index in [9.17, 15) is 9.59 Å². The van der Waals surface area contributed by atoms with Gasteiger partial charge in [0, 0.05) is 11.3 Å². The van der Waals surface area contributed by atoms with E-state index in [0.717, 1.165) is 23.2 Å². The van der Waals surface area contributed by atoms with Gasteiger partial charge in [-0.15, -0.1) is 0 Å². The molecule has 2 aromatic rings. The zero-order valence-corrected chi connectivity index (χ0v) is 16.5. The monoisotopic (exact) mass is 369 g/mol. The Balaban J connectivity index is 1.99. The van der Waals surface area contributed by atoms with Gasteiger partial charge in [-0.05, 0) is 75.6 Å². The summed E-state index contributed by atoms with van der Waals surface area (Å²) in [5.74, 6) is -0.0903. The molecular weight excluding hydrogens is 342 g/mol. The van der Waals surface area contributed by atoms with Crippen molar-refractivity contribution in [1.29, 1.82) is 0 Å². The van der Waals surface area contributed by atoms with Crippen molar-refractivity contribution < 1.29 is 19.1 Å². The Hall–Kier alpha value is -2.82. The Kier molecular flexibility index (Phi) is 6.99. The minimum absolute atomic E-state index is 0.139. The van der Waals surface area contributed by atoms with Crippen LogP contribution in [0.1, 0.15) is 48.7 Å². The first-order chi connectivity index (χ1) is 12.8. The van der Waals surface area contributed by atoms with E-state index in [-0.39, 0.29) is 12.0 Å². The number of hydrogen-bond donors (Lipinski definition) is 1. The first-order valence-electron chi connectivity index (χ1n) is 9.16. The Bertz CT molecular complexity index is 798. The summed E-state index contributed by atoms with van der Waals surface area (Å²) in [6, 6.07) is 12.5. The van der Waals surface area contributed by atoms with E-state index in [1.165, 1.54) is 0 Å². The van der Waals surface area contributed by atoms with Crippen LogP contribution in [-0.4, -0.2) is 24.1 Å². The number of ether oxygens (including phenoxy) is 2. The van der Waals surface area contributed by atoms with Crippen LogP contribution in [0, 0.1) is 13.8 Å².